The van der Waals surface area contributed by atoms with Crippen LogP contribution in [0.1, 0.15) is 15.6 Å². The van der Waals surface area contributed by atoms with Gasteiger partial charge in [0.1, 0.15) is 11.6 Å². The molecule has 0 aliphatic heterocycles. The monoisotopic (exact) mass is 332 g/mol. The van der Waals surface area contributed by atoms with Crippen LogP contribution < -0.4 is 5.32 Å². The van der Waals surface area contributed by atoms with Gasteiger partial charge in [-0.05, 0) is 35.8 Å². The third kappa shape index (κ3) is 2.87. The van der Waals surface area contributed by atoms with Crippen LogP contribution in [0, 0.1) is 25.5 Å². The summed E-state index contributed by atoms with van der Waals surface area (Å²) >= 11 is 4.70. The van der Waals surface area contributed by atoms with E-state index in [0.29, 0.717) is 11.0 Å². The number of benzene rings is 1. The quantitative estimate of drug-likeness (QED) is 0.900. The van der Waals surface area contributed by atoms with E-state index in [1.807, 2.05) is 13.8 Å². The van der Waals surface area contributed by atoms with Crippen molar-refractivity contribution < 1.29 is 8.78 Å². The Morgan fingerprint density at radius 2 is 2.06 bits per heavy atom. The lowest BCUT2D eigenvalue weighted by Crippen LogP contribution is -2.02. The largest absolute Gasteiger partial charge is 0.377 e. The summed E-state index contributed by atoms with van der Waals surface area (Å²) in [5.41, 5.74) is 1.20. The highest BCUT2D eigenvalue weighted by Crippen LogP contribution is 2.28. The average molecular weight is 333 g/mol. The predicted octanol–water partition coefficient (Wildman–Crippen LogP) is 4.41. The summed E-state index contributed by atoms with van der Waals surface area (Å²) in [6.45, 7) is 4.31. The van der Waals surface area contributed by atoms with Crippen LogP contribution in [-0.4, -0.2) is 4.98 Å². The van der Waals surface area contributed by atoms with Gasteiger partial charge in [-0.2, -0.15) is 0 Å². The standard InChI is InChI=1S/C12H11BrF2N2S/c1-6-11(18-7(2)17-6)5-16-12-9(13)3-8(14)4-10(12)15/h3-4,16H,5H2,1-2H3. The first-order valence-electron chi connectivity index (χ1n) is 5.28. The van der Waals surface area contributed by atoms with E-state index in [1.165, 1.54) is 6.07 Å². The zero-order valence-corrected chi connectivity index (χ0v) is 12.3. The molecule has 1 aromatic carbocycles. The highest BCUT2D eigenvalue weighted by Gasteiger charge is 2.11. The molecule has 0 radical (unpaired) electrons. The second-order valence-electron chi connectivity index (χ2n) is 3.84. The molecule has 18 heavy (non-hydrogen) atoms. The molecular formula is C12H11BrF2N2S. The van der Waals surface area contributed by atoms with Crippen molar-refractivity contribution in [3.05, 3.63) is 43.8 Å². The minimum absolute atomic E-state index is 0.266. The van der Waals surface area contributed by atoms with Gasteiger partial charge < -0.3 is 5.32 Å². The van der Waals surface area contributed by atoms with Crippen molar-refractivity contribution >= 4 is 33.0 Å². The molecule has 1 heterocycles. The summed E-state index contributed by atoms with van der Waals surface area (Å²) in [5, 5.41) is 3.94. The number of nitrogens with one attached hydrogen (secondary N) is 1. The molecule has 2 aromatic rings. The van der Waals surface area contributed by atoms with E-state index in [9.17, 15) is 8.78 Å². The Kier molecular flexibility index (Phi) is 3.97. The molecule has 0 aliphatic rings. The molecule has 0 spiro atoms. The summed E-state index contributed by atoms with van der Waals surface area (Å²) in [4.78, 5) is 5.34. The topological polar surface area (TPSA) is 24.9 Å². The molecule has 0 bridgehead atoms. The van der Waals surface area contributed by atoms with Crippen LogP contribution >= 0.6 is 27.3 Å². The molecule has 2 nitrogen and oxygen atoms in total. The Balaban J connectivity index is 2.18. The van der Waals surface area contributed by atoms with Gasteiger partial charge in [-0.15, -0.1) is 11.3 Å². The van der Waals surface area contributed by atoms with E-state index in [4.69, 9.17) is 0 Å². The molecule has 96 valence electrons. The highest BCUT2D eigenvalue weighted by atomic mass is 79.9. The number of rotatable bonds is 3. The van der Waals surface area contributed by atoms with Crippen LogP contribution in [0.25, 0.3) is 0 Å². The van der Waals surface area contributed by atoms with Crippen molar-refractivity contribution in [3.63, 3.8) is 0 Å². The van der Waals surface area contributed by atoms with E-state index in [-0.39, 0.29) is 5.69 Å². The molecule has 1 N–H and O–H groups in total. The zero-order chi connectivity index (χ0) is 13.3. The first-order chi connectivity index (χ1) is 8.47. The number of aryl methyl sites for hydroxylation is 2. The van der Waals surface area contributed by atoms with Gasteiger partial charge >= 0.3 is 0 Å². The molecule has 2 rings (SSSR count). The van der Waals surface area contributed by atoms with Crippen molar-refractivity contribution in [1.29, 1.82) is 0 Å². The maximum absolute atomic E-state index is 13.6. The van der Waals surface area contributed by atoms with Gasteiger partial charge in [0.2, 0.25) is 0 Å². The third-order valence-electron chi connectivity index (χ3n) is 2.43. The fourth-order valence-corrected chi connectivity index (χ4v) is 3.04. The van der Waals surface area contributed by atoms with E-state index in [2.05, 4.69) is 26.2 Å². The van der Waals surface area contributed by atoms with Crippen LogP contribution in [0.15, 0.2) is 16.6 Å². The Hall–Kier alpha value is -1.01. The number of hydrogen-bond donors (Lipinski definition) is 1. The van der Waals surface area contributed by atoms with Crippen molar-refractivity contribution in [3.8, 4) is 0 Å². The summed E-state index contributed by atoms with van der Waals surface area (Å²) in [5.74, 6) is -1.21. The normalized spacial score (nSPS) is 10.7. The van der Waals surface area contributed by atoms with Crippen molar-refractivity contribution in [2.75, 3.05) is 5.32 Å². The van der Waals surface area contributed by atoms with Crippen LogP contribution in [-0.2, 0) is 6.54 Å². The average Bonchev–Trinajstić information content (AvgIpc) is 2.55. The second kappa shape index (κ2) is 5.32. The number of anilines is 1. The Morgan fingerprint density at radius 3 is 2.61 bits per heavy atom. The first-order valence-corrected chi connectivity index (χ1v) is 6.89. The van der Waals surface area contributed by atoms with E-state index >= 15 is 0 Å². The number of aromatic nitrogens is 1. The van der Waals surface area contributed by atoms with Crippen LogP contribution in [0.2, 0.25) is 0 Å². The van der Waals surface area contributed by atoms with Crippen molar-refractivity contribution in [1.82, 2.24) is 4.98 Å². The molecule has 1 aromatic heterocycles. The molecule has 0 saturated carbocycles. The smallest absolute Gasteiger partial charge is 0.150 e. The zero-order valence-electron chi connectivity index (χ0n) is 9.85. The van der Waals surface area contributed by atoms with Gasteiger partial charge in [-0.25, -0.2) is 13.8 Å². The molecular weight excluding hydrogens is 322 g/mol. The fraction of sp³-hybridized carbons (Fsp3) is 0.250. The van der Waals surface area contributed by atoms with Crippen molar-refractivity contribution in [2.45, 2.75) is 20.4 Å². The first kappa shape index (κ1) is 13.4. The number of hydrogen-bond acceptors (Lipinski definition) is 3. The SMILES string of the molecule is Cc1nc(C)c(CNc2c(F)cc(F)cc2Br)s1. The maximum Gasteiger partial charge on any atom is 0.150 e. The van der Waals surface area contributed by atoms with Crippen LogP contribution in [0.5, 0.6) is 0 Å². The Labute approximate surface area is 116 Å². The molecule has 0 atom stereocenters. The lowest BCUT2D eigenvalue weighted by molar-refractivity contribution is 0.583. The van der Waals surface area contributed by atoms with Gasteiger partial charge in [-0.1, -0.05) is 0 Å². The summed E-state index contributed by atoms with van der Waals surface area (Å²) in [7, 11) is 0. The number of halogens is 3. The molecule has 0 saturated heterocycles. The van der Waals surface area contributed by atoms with Gasteiger partial charge in [0, 0.05) is 15.4 Å². The van der Waals surface area contributed by atoms with Gasteiger partial charge in [0.25, 0.3) is 0 Å². The van der Waals surface area contributed by atoms with Gasteiger partial charge in [-0.3, -0.25) is 0 Å². The summed E-state index contributed by atoms with van der Waals surface area (Å²) < 4.78 is 26.9. The highest BCUT2D eigenvalue weighted by molar-refractivity contribution is 9.10. The second-order valence-corrected chi connectivity index (χ2v) is 5.98. The van der Waals surface area contributed by atoms with Crippen LogP contribution in [0.4, 0.5) is 14.5 Å². The van der Waals surface area contributed by atoms with Gasteiger partial charge in [0.15, 0.2) is 0 Å². The number of thiazole rings is 1. The molecule has 0 amide bonds. The minimum Gasteiger partial charge on any atom is -0.377 e. The molecule has 6 heteroatoms. The third-order valence-corrected chi connectivity index (χ3v) is 4.13. The van der Waals surface area contributed by atoms with E-state index in [1.54, 1.807) is 11.3 Å². The predicted molar refractivity (Wildman–Crippen MR) is 73.0 cm³/mol. The Bertz CT molecular complexity index is 560. The molecule has 0 fully saturated rings. The van der Waals surface area contributed by atoms with Crippen LogP contribution in [0.3, 0.4) is 0 Å². The van der Waals surface area contributed by atoms with E-state index < -0.39 is 11.6 Å². The summed E-state index contributed by atoms with van der Waals surface area (Å²) in [6.07, 6.45) is 0. The Morgan fingerprint density at radius 1 is 1.33 bits per heavy atom. The molecule has 0 unspecified atom stereocenters. The number of nitrogens with zero attached hydrogens (tertiary/aromatic N) is 1. The minimum atomic E-state index is -0.610. The fourth-order valence-electron chi connectivity index (χ4n) is 1.62. The van der Waals surface area contributed by atoms with Crippen molar-refractivity contribution in [2.24, 2.45) is 0 Å². The maximum atomic E-state index is 13.6. The van der Waals surface area contributed by atoms with E-state index in [0.717, 1.165) is 21.6 Å². The molecule has 0 aliphatic carbocycles. The lowest BCUT2D eigenvalue weighted by Gasteiger charge is -2.09. The lowest BCUT2D eigenvalue weighted by atomic mass is 10.3. The summed E-state index contributed by atoms with van der Waals surface area (Å²) in [6, 6.07) is 2.09. The van der Waals surface area contributed by atoms with Gasteiger partial charge in [0.05, 0.1) is 22.9 Å².